The summed E-state index contributed by atoms with van der Waals surface area (Å²) in [4.78, 5) is 4.61. The van der Waals surface area contributed by atoms with Crippen molar-refractivity contribution in [3.8, 4) is 0 Å². The molecule has 0 amide bonds. The van der Waals surface area contributed by atoms with E-state index in [1.54, 1.807) is 0 Å². The summed E-state index contributed by atoms with van der Waals surface area (Å²) in [7, 11) is 1.92. The molecule has 0 fully saturated rings. The molecule has 106 valence electrons. The van der Waals surface area contributed by atoms with Crippen LogP contribution >= 0.6 is 11.6 Å². The number of imidazole rings is 1. The first-order valence-electron chi connectivity index (χ1n) is 6.55. The summed E-state index contributed by atoms with van der Waals surface area (Å²) < 4.78 is 9.69. The summed E-state index contributed by atoms with van der Waals surface area (Å²) in [5.41, 5.74) is 2.79. The highest BCUT2D eigenvalue weighted by Gasteiger charge is 2.23. The molecule has 6 heteroatoms. The third kappa shape index (κ3) is 1.85. The van der Waals surface area contributed by atoms with Gasteiger partial charge in [0.1, 0.15) is 22.9 Å². The first-order valence-corrected chi connectivity index (χ1v) is 7.09. The summed E-state index contributed by atoms with van der Waals surface area (Å²) in [6.45, 7) is 5.98. The second-order valence-electron chi connectivity index (χ2n) is 5.04. The first-order chi connectivity index (χ1) is 9.52. The van der Waals surface area contributed by atoms with Crippen LogP contribution in [0.3, 0.4) is 0 Å². The number of hydrogen-bond donors (Lipinski definition) is 0. The van der Waals surface area contributed by atoms with E-state index in [4.69, 9.17) is 16.0 Å². The lowest BCUT2D eigenvalue weighted by Gasteiger charge is -2.14. The predicted molar refractivity (Wildman–Crippen MR) is 78.1 cm³/mol. The van der Waals surface area contributed by atoms with Crippen molar-refractivity contribution in [3.63, 3.8) is 0 Å². The zero-order valence-corrected chi connectivity index (χ0v) is 12.8. The standard InChI is InChI=1S/C14H17ClN4O/c1-8-5-6-11(20-8)10(3)19-12(7-15)16-13-9(2)17-18(4)14(13)19/h5-6,10H,7H2,1-4H3. The van der Waals surface area contributed by atoms with E-state index in [0.29, 0.717) is 5.88 Å². The van der Waals surface area contributed by atoms with Gasteiger partial charge in [-0.15, -0.1) is 11.6 Å². The van der Waals surface area contributed by atoms with Crippen molar-refractivity contribution in [2.24, 2.45) is 7.05 Å². The van der Waals surface area contributed by atoms with Crippen molar-refractivity contribution in [2.75, 3.05) is 0 Å². The van der Waals surface area contributed by atoms with Gasteiger partial charge < -0.3 is 8.98 Å². The van der Waals surface area contributed by atoms with Crippen LogP contribution in [0.25, 0.3) is 11.2 Å². The molecule has 0 radical (unpaired) electrons. The average Bonchev–Trinajstić information content (AvgIpc) is 3.06. The van der Waals surface area contributed by atoms with Crippen LogP contribution in [0.1, 0.15) is 36.0 Å². The molecule has 3 aromatic heterocycles. The Hall–Kier alpha value is -1.75. The molecule has 0 aliphatic rings. The SMILES string of the molecule is Cc1ccc(C(C)n2c(CCl)nc3c(C)nn(C)c32)o1. The summed E-state index contributed by atoms with van der Waals surface area (Å²) >= 11 is 6.06. The van der Waals surface area contributed by atoms with Gasteiger partial charge in [-0.2, -0.15) is 5.10 Å². The van der Waals surface area contributed by atoms with Crippen LogP contribution < -0.4 is 0 Å². The highest BCUT2D eigenvalue weighted by Crippen LogP contribution is 2.28. The quantitative estimate of drug-likeness (QED) is 0.696. The van der Waals surface area contributed by atoms with Gasteiger partial charge in [0.15, 0.2) is 5.65 Å². The minimum atomic E-state index is 0.0252. The highest BCUT2D eigenvalue weighted by molar-refractivity contribution is 6.16. The fourth-order valence-electron chi connectivity index (χ4n) is 2.65. The Morgan fingerprint density at radius 3 is 2.70 bits per heavy atom. The van der Waals surface area contributed by atoms with E-state index in [9.17, 15) is 0 Å². The molecule has 0 saturated carbocycles. The maximum Gasteiger partial charge on any atom is 0.159 e. The Labute approximate surface area is 122 Å². The highest BCUT2D eigenvalue weighted by atomic mass is 35.5. The topological polar surface area (TPSA) is 48.8 Å². The van der Waals surface area contributed by atoms with Crippen molar-refractivity contribution in [1.82, 2.24) is 19.3 Å². The van der Waals surface area contributed by atoms with Crippen LogP contribution in [0, 0.1) is 13.8 Å². The van der Waals surface area contributed by atoms with Gasteiger partial charge in [0.25, 0.3) is 0 Å². The number of rotatable bonds is 3. The van der Waals surface area contributed by atoms with Crippen molar-refractivity contribution < 1.29 is 4.42 Å². The van der Waals surface area contributed by atoms with Crippen LogP contribution in [-0.2, 0) is 12.9 Å². The summed E-state index contributed by atoms with van der Waals surface area (Å²) in [6, 6.07) is 3.99. The molecule has 3 heterocycles. The molecule has 1 unspecified atom stereocenters. The molecule has 5 nitrogen and oxygen atoms in total. The minimum absolute atomic E-state index is 0.0252. The number of alkyl halides is 1. The number of fused-ring (bicyclic) bond motifs is 1. The number of halogens is 1. The first kappa shape index (κ1) is 13.2. The van der Waals surface area contributed by atoms with Gasteiger partial charge in [0, 0.05) is 7.05 Å². The monoisotopic (exact) mass is 292 g/mol. The third-order valence-electron chi connectivity index (χ3n) is 3.59. The van der Waals surface area contributed by atoms with Crippen LogP contribution in [0.4, 0.5) is 0 Å². The molecule has 0 aliphatic carbocycles. The van der Waals surface area contributed by atoms with Crippen molar-refractivity contribution in [2.45, 2.75) is 32.7 Å². The molecule has 0 aromatic carbocycles. The molecule has 0 bridgehead atoms. The zero-order valence-electron chi connectivity index (χ0n) is 12.0. The molecule has 1 atom stereocenters. The Balaban J connectivity index is 2.23. The number of nitrogens with zero attached hydrogens (tertiary/aromatic N) is 4. The van der Waals surface area contributed by atoms with Gasteiger partial charge in [-0.3, -0.25) is 4.68 Å². The smallest absolute Gasteiger partial charge is 0.159 e. The maximum atomic E-state index is 6.06. The lowest BCUT2D eigenvalue weighted by Crippen LogP contribution is -2.12. The predicted octanol–water partition coefficient (Wildman–Crippen LogP) is 3.33. The molecule has 0 saturated heterocycles. The van der Waals surface area contributed by atoms with E-state index in [2.05, 4.69) is 21.6 Å². The second-order valence-corrected chi connectivity index (χ2v) is 5.30. The normalized spacial score (nSPS) is 13.2. The van der Waals surface area contributed by atoms with Gasteiger partial charge in [-0.25, -0.2) is 4.98 Å². The molecule has 3 rings (SSSR count). The van der Waals surface area contributed by atoms with Crippen molar-refractivity contribution in [1.29, 1.82) is 0 Å². The Bertz CT molecular complexity index is 768. The summed E-state index contributed by atoms with van der Waals surface area (Å²) in [6.07, 6.45) is 0. The van der Waals surface area contributed by atoms with Crippen LogP contribution in [-0.4, -0.2) is 19.3 Å². The lowest BCUT2D eigenvalue weighted by molar-refractivity contribution is 0.426. The zero-order chi connectivity index (χ0) is 14.4. The Morgan fingerprint density at radius 2 is 2.10 bits per heavy atom. The van der Waals surface area contributed by atoms with E-state index in [1.807, 2.05) is 37.7 Å². The largest absolute Gasteiger partial charge is 0.464 e. The maximum absolute atomic E-state index is 6.06. The van der Waals surface area contributed by atoms with E-state index in [-0.39, 0.29) is 6.04 Å². The summed E-state index contributed by atoms with van der Waals surface area (Å²) in [5.74, 6) is 2.99. The van der Waals surface area contributed by atoms with Crippen LogP contribution in [0.2, 0.25) is 0 Å². The van der Waals surface area contributed by atoms with Gasteiger partial charge in [0.2, 0.25) is 0 Å². The molecule has 3 aromatic rings. The average molecular weight is 293 g/mol. The molecule has 0 spiro atoms. The minimum Gasteiger partial charge on any atom is -0.464 e. The van der Waals surface area contributed by atoms with E-state index >= 15 is 0 Å². The lowest BCUT2D eigenvalue weighted by atomic mass is 10.2. The van der Waals surface area contributed by atoms with Gasteiger partial charge >= 0.3 is 0 Å². The van der Waals surface area contributed by atoms with Gasteiger partial charge in [-0.05, 0) is 32.9 Å². The number of aryl methyl sites for hydroxylation is 3. The Kier molecular flexibility index (Phi) is 3.09. The van der Waals surface area contributed by atoms with E-state index in [0.717, 1.165) is 34.2 Å². The molecular weight excluding hydrogens is 276 g/mol. The molecule has 20 heavy (non-hydrogen) atoms. The van der Waals surface area contributed by atoms with Gasteiger partial charge in [0.05, 0.1) is 17.6 Å². The second kappa shape index (κ2) is 4.66. The molecule has 0 N–H and O–H groups in total. The fourth-order valence-corrected chi connectivity index (χ4v) is 2.84. The third-order valence-corrected chi connectivity index (χ3v) is 3.83. The fraction of sp³-hybridized carbons (Fsp3) is 0.429. The summed E-state index contributed by atoms with van der Waals surface area (Å²) in [5, 5.41) is 4.43. The van der Waals surface area contributed by atoms with Crippen molar-refractivity contribution >= 4 is 22.8 Å². The number of furan rings is 1. The molecular formula is C14H17ClN4O. The van der Waals surface area contributed by atoms with E-state index < -0.39 is 0 Å². The van der Waals surface area contributed by atoms with Crippen molar-refractivity contribution in [3.05, 3.63) is 35.2 Å². The number of hydrogen-bond acceptors (Lipinski definition) is 3. The molecule has 0 aliphatic heterocycles. The van der Waals surface area contributed by atoms with E-state index in [1.165, 1.54) is 0 Å². The van der Waals surface area contributed by atoms with Gasteiger partial charge in [-0.1, -0.05) is 0 Å². The van der Waals surface area contributed by atoms with Crippen LogP contribution in [0.5, 0.6) is 0 Å². The Morgan fingerprint density at radius 1 is 1.35 bits per heavy atom. The van der Waals surface area contributed by atoms with Crippen LogP contribution in [0.15, 0.2) is 16.5 Å². The number of aromatic nitrogens is 4.